The van der Waals surface area contributed by atoms with E-state index in [1.54, 1.807) is 13.2 Å². The molecular weight excluding hydrogens is 352 g/mol. The van der Waals surface area contributed by atoms with Gasteiger partial charge in [0, 0.05) is 52.9 Å². The van der Waals surface area contributed by atoms with Crippen molar-refractivity contribution in [2.45, 2.75) is 6.92 Å². The molecule has 0 aliphatic carbocycles. The Morgan fingerprint density at radius 3 is 2.21 bits per heavy atom. The van der Waals surface area contributed by atoms with Crippen LogP contribution in [0.2, 0.25) is 0 Å². The third-order valence-electron chi connectivity index (χ3n) is 5.22. The number of aromatic nitrogens is 1. The molecule has 4 rings (SSSR count). The standard InChI is InChI=1S/C23H22N2O3/c1-14-21(23(26)27)19-13-20(28-4)17-7-5-6-8-18(17)22(19)25(14)16-11-9-15(10-12-16)24(2)3/h5-13H,1-4H3,(H,26,27)/p-1. The van der Waals surface area contributed by atoms with Gasteiger partial charge in [-0.25, -0.2) is 0 Å². The summed E-state index contributed by atoms with van der Waals surface area (Å²) >= 11 is 0. The van der Waals surface area contributed by atoms with E-state index in [1.165, 1.54) is 0 Å². The van der Waals surface area contributed by atoms with Gasteiger partial charge in [-0.3, -0.25) is 0 Å². The summed E-state index contributed by atoms with van der Waals surface area (Å²) in [5.74, 6) is -0.547. The molecule has 0 unspecified atom stereocenters. The zero-order valence-corrected chi connectivity index (χ0v) is 16.3. The minimum absolute atomic E-state index is 0.190. The average molecular weight is 373 g/mol. The predicted molar refractivity (Wildman–Crippen MR) is 111 cm³/mol. The number of rotatable bonds is 4. The van der Waals surface area contributed by atoms with Crippen LogP contribution in [-0.4, -0.2) is 31.7 Å². The van der Waals surface area contributed by atoms with Gasteiger partial charge in [0.15, 0.2) is 0 Å². The van der Waals surface area contributed by atoms with Crippen molar-refractivity contribution in [2.24, 2.45) is 0 Å². The largest absolute Gasteiger partial charge is 0.545 e. The Hall–Kier alpha value is -3.47. The van der Waals surface area contributed by atoms with E-state index in [-0.39, 0.29) is 5.56 Å². The number of hydrogen-bond donors (Lipinski definition) is 0. The lowest BCUT2D eigenvalue weighted by atomic mass is 10.0. The number of carboxylic acids is 1. The van der Waals surface area contributed by atoms with Crippen LogP contribution in [0.4, 0.5) is 5.69 Å². The predicted octanol–water partition coefficient (Wildman–Crippen LogP) is 3.53. The average Bonchev–Trinajstić information content (AvgIpc) is 2.99. The molecular formula is C23H21N2O3-. The zero-order chi connectivity index (χ0) is 20.0. The smallest absolute Gasteiger partial charge is 0.127 e. The summed E-state index contributed by atoms with van der Waals surface area (Å²) in [7, 11) is 5.56. The second-order valence-corrected chi connectivity index (χ2v) is 7.01. The molecule has 0 aliphatic heterocycles. The fraction of sp³-hybridized carbons (Fsp3) is 0.174. The second-order valence-electron chi connectivity index (χ2n) is 7.01. The summed E-state index contributed by atoms with van der Waals surface area (Å²) < 4.78 is 7.53. The van der Waals surface area contributed by atoms with Crippen molar-refractivity contribution in [1.82, 2.24) is 4.57 Å². The molecule has 142 valence electrons. The maximum atomic E-state index is 12.0. The molecule has 0 fully saturated rings. The first-order valence-corrected chi connectivity index (χ1v) is 9.04. The van der Waals surface area contributed by atoms with E-state index in [2.05, 4.69) is 0 Å². The summed E-state index contributed by atoms with van der Waals surface area (Å²) in [6.07, 6.45) is 0. The molecule has 0 amide bonds. The lowest BCUT2D eigenvalue weighted by Crippen LogP contribution is -2.23. The molecule has 0 aliphatic rings. The SMILES string of the molecule is COc1cc2c(C(=O)[O-])c(C)n(-c3ccc(N(C)C)cc3)c2c2ccccc12. The Kier molecular flexibility index (Phi) is 4.23. The molecule has 0 bridgehead atoms. The number of hydrogen-bond acceptors (Lipinski definition) is 4. The molecule has 0 atom stereocenters. The highest BCUT2D eigenvalue weighted by molar-refractivity contribution is 6.16. The number of methoxy groups -OCH3 is 1. The second kappa shape index (κ2) is 6.60. The maximum absolute atomic E-state index is 12.0. The third kappa shape index (κ3) is 2.59. The molecule has 0 saturated heterocycles. The molecule has 5 heteroatoms. The summed E-state index contributed by atoms with van der Waals surface area (Å²) in [4.78, 5) is 14.0. The van der Waals surface area contributed by atoms with Gasteiger partial charge in [-0.05, 0) is 37.3 Å². The summed E-state index contributed by atoms with van der Waals surface area (Å²) in [6, 6.07) is 17.7. The Morgan fingerprint density at radius 2 is 1.64 bits per heavy atom. The first-order valence-electron chi connectivity index (χ1n) is 9.04. The van der Waals surface area contributed by atoms with Crippen LogP contribution in [0.15, 0.2) is 54.6 Å². The van der Waals surface area contributed by atoms with Gasteiger partial charge in [0.1, 0.15) is 5.75 Å². The van der Waals surface area contributed by atoms with E-state index in [4.69, 9.17) is 4.74 Å². The Morgan fingerprint density at radius 1 is 1.00 bits per heavy atom. The summed E-state index contributed by atoms with van der Waals surface area (Å²) in [5.41, 5.74) is 3.63. The van der Waals surface area contributed by atoms with Gasteiger partial charge in [0.05, 0.1) is 18.6 Å². The molecule has 1 heterocycles. The van der Waals surface area contributed by atoms with E-state index < -0.39 is 5.97 Å². The maximum Gasteiger partial charge on any atom is 0.127 e. The molecule has 3 aromatic carbocycles. The minimum atomic E-state index is -1.19. The van der Waals surface area contributed by atoms with Crippen molar-refractivity contribution in [3.63, 3.8) is 0 Å². The van der Waals surface area contributed by atoms with Gasteiger partial charge in [-0.1, -0.05) is 24.3 Å². The highest BCUT2D eigenvalue weighted by Gasteiger charge is 2.20. The van der Waals surface area contributed by atoms with Gasteiger partial charge in [-0.2, -0.15) is 0 Å². The normalized spacial score (nSPS) is 11.1. The Labute approximate surface area is 163 Å². The molecule has 28 heavy (non-hydrogen) atoms. The Balaban J connectivity index is 2.15. The first-order chi connectivity index (χ1) is 13.4. The van der Waals surface area contributed by atoms with Crippen LogP contribution in [0.25, 0.3) is 27.4 Å². The number of fused-ring (bicyclic) bond motifs is 3. The van der Waals surface area contributed by atoms with Crippen LogP contribution in [0.3, 0.4) is 0 Å². The zero-order valence-electron chi connectivity index (χ0n) is 16.3. The van der Waals surface area contributed by atoms with Gasteiger partial charge >= 0.3 is 0 Å². The highest BCUT2D eigenvalue weighted by Crippen LogP contribution is 2.39. The monoisotopic (exact) mass is 373 g/mol. The van der Waals surface area contributed by atoms with E-state index in [9.17, 15) is 9.90 Å². The van der Waals surface area contributed by atoms with Crippen LogP contribution in [0.1, 0.15) is 16.1 Å². The van der Waals surface area contributed by atoms with Crippen molar-refractivity contribution in [2.75, 3.05) is 26.1 Å². The Bertz CT molecular complexity index is 1200. The topological polar surface area (TPSA) is 57.5 Å². The van der Waals surface area contributed by atoms with Crippen LogP contribution in [0.5, 0.6) is 5.75 Å². The van der Waals surface area contributed by atoms with Crippen LogP contribution in [0, 0.1) is 6.92 Å². The van der Waals surface area contributed by atoms with E-state index >= 15 is 0 Å². The van der Waals surface area contributed by atoms with Crippen LogP contribution >= 0.6 is 0 Å². The van der Waals surface area contributed by atoms with Crippen molar-refractivity contribution in [1.29, 1.82) is 0 Å². The molecule has 4 aromatic rings. The van der Waals surface area contributed by atoms with Crippen LogP contribution < -0.4 is 14.7 Å². The number of anilines is 1. The number of carbonyl (C=O) groups excluding carboxylic acids is 1. The molecule has 0 N–H and O–H groups in total. The molecule has 1 aromatic heterocycles. The number of aromatic carboxylic acids is 1. The number of benzene rings is 3. The van der Waals surface area contributed by atoms with Crippen molar-refractivity contribution < 1.29 is 14.6 Å². The fourth-order valence-corrected chi connectivity index (χ4v) is 3.88. The summed E-state index contributed by atoms with van der Waals surface area (Å²) in [6.45, 7) is 1.81. The first kappa shape index (κ1) is 17.9. The molecule has 0 saturated carbocycles. The number of nitrogens with zero attached hydrogens (tertiary/aromatic N) is 2. The molecule has 0 radical (unpaired) electrons. The van der Waals surface area contributed by atoms with E-state index in [0.717, 1.165) is 27.7 Å². The number of carbonyl (C=O) groups is 1. The fourth-order valence-electron chi connectivity index (χ4n) is 3.88. The number of ether oxygens (including phenoxy) is 1. The molecule has 5 nitrogen and oxygen atoms in total. The third-order valence-corrected chi connectivity index (χ3v) is 5.22. The lowest BCUT2D eigenvalue weighted by molar-refractivity contribution is -0.254. The van der Waals surface area contributed by atoms with E-state index in [0.29, 0.717) is 16.8 Å². The van der Waals surface area contributed by atoms with Crippen LogP contribution in [-0.2, 0) is 0 Å². The minimum Gasteiger partial charge on any atom is -0.545 e. The van der Waals surface area contributed by atoms with Gasteiger partial charge < -0.3 is 24.1 Å². The van der Waals surface area contributed by atoms with Crippen molar-refractivity contribution >= 4 is 33.3 Å². The number of carboxylic acid groups (broad SMARTS) is 1. The van der Waals surface area contributed by atoms with Gasteiger partial charge in [0.2, 0.25) is 0 Å². The van der Waals surface area contributed by atoms with E-state index in [1.807, 2.05) is 79.0 Å². The van der Waals surface area contributed by atoms with Gasteiger partial charge in [0.25, 0.3) is 0 Å². The van der Waals surface area contributed by atoms with Crippen molar-refractivity contribution in [3.8, 4) is 11.4 Å². The highest BCUT2D eigenvalue weighted by atomic mass is 16.5. The lowest BCUT2D eigenvalue weighted by Gasteiger charge is -2.15. The quantitative estimate of drug-likeness (QED) is 0.549. The van der Waals surface area contributed by atoms with Gasteiger partial charge in [-0.15, -0.1) is 0 Å². The summed E-state index contributed by atoms with van der Waals surface area (Å²) in [5, 5.41) is 14.5. The van der Waals surface area contributed by atoms with Crippen molar-refractivity contribution in [3.05, 3.63) is 65.9 Å². The molecule has 0 spiro atoms.